The lowest BCUT2D eigenvalue weighted by Gasteiger charge is -2.39. The van der Waals surface area contributed by atoms with E-state index in [0.717, 1.165) is 0 Å². The third-order valence-corrected chi connectivity index (χ3v) is 9.25. The molecular weight excluding hydrogens is 650 g/mol. The molecule has 48 heavy (non-hydrogen) atoms. The van der Waals surface area contributed by atoms with Gasteiger partial charge >= 0.3 is 6.01 Å². The van der Waals surface area contributed by atoms with Crippen LogP contribution >= 0.6 is 11.6 Å². The molecule has 250 valence electrons. The van der Waals surface area contributed by atoms with Crippen LogP contribution in [-0.2, 0) is 4.79 Å². The molecular formula is C34H32ClF4N7O2. The lowest BCUT2D eigenvalue weighted by molar-refractivity contribution is -0.131. The zero-order chi connectivity index (χ0) is 34.3. The molecule has 9 nitrogen and oxygen atoms in total. The third kappa shape index (κ3) is 6.22. The predicted molar refractivity (Wildman–Crippen MR) is 175 cm³/mol. The van der Waals surface area contributed by atoms with Gasteiger partial charge in [0.25, 0.3) is 5.91 Å². The molecule has 6 rings (SSSR count). The number of pyridine rings is 1. The Kier molecular flexibility index (Phi) is 9.40. The number of rotatable bonds is 8. The number of fused-ring (bicyclic) bond motifs is 2. The Hall–Kier alpha value is -4.54. The molecule has 0 bridgehead atoms. The molecule has 0 N–H and O–H groups in total. The highest BCUT2D eigenvalue weighted by Gasteiger charge is 2.37. The molecule has 2 saturated heterocycles. The number of amides is 1. The average Bonchev–Trinajstić information content (AvgIpc) is 3.45. The van der Waals surface area contributed by atoms with E-state index in [0.29, 0.717) is 5.39 Å². The second-order valence-electron chi connectivity index (χ2n) is 12.2. The number of halogens is 5. The van der Waals surface area contributed by atoms with Gasteiger partial charge in [-0.2, -0.15) is 9.97 Å². The summed E-state index contributed by atoms with van der Waals surface area (Å²) in [4.78, 5) is 34.4. The summed E-state index contributed by atoms with van der Waals surface area (Å²) >= 11 is 6.36. The first-order chi connectivity index (χ1) is 23.0. The van der Waals surface area contributed by atoms with Crippen molar-refractivity contribution in [1.29, 1.82) is 0 Å². The van der Waals surface area contributed by atoms with E-state index in [-0.39, 0.29) is 102 Å². The summed E-state index contributed by atoms with van der Waals surface area (Å²) in [5, 5.41) is 0.900. The highest BCUT2D eigenvalue weighted by Crippen LogP contribution is 2.38. The van der Waals surface area contributed by atoms with Gasteiger partial charge in [0.2, 0.25) is 6.54 Å². The van der Waals surface area contributed by atoms with Gasteiger partial charge in [0.1, 0.15) is 41.7 Å². The van der Waals surface area contributed by atoms with Gasteiger partial charge < -0.3 is 19.4 Å². The van der Waals surface area contributed by atoms with Crippen LogP contribution in [0.3, 0.4) is 0 Å². The molecule has 0 saturated carbocycles. The van der Waals surface area contributed by atoms with Gasteiger partial charge in [-0.25, -0.2) is 24.1 Å². The van der Waals surface area contributed by atoms with Crippen molar-refractivity contribution in [3.05, 3.63) is 77.0 Å². The van der Waals surface area contributed by atoms with Gasteiger partial charge in [0, 0.05) is 55.4 Å². The van der Waals surface area contributed by atoms with E-state index in [1.54, 1.807) is 29.2 Å². The Balaban J connectivity index is 1.46. The number of aromatic nitrogens is 3. The number of likely N-dealkylation sites (tertiary alicyclic amines) is 1. The Morgan fingerprint density at radius 3 is 2.69 bits per heavy atom. The van der Waals surface area contributed by atoms with E-state index in [9.17, 15) is 18.0 Å². The first-order valence-corrected chi connectivity index (χ1v) is 15.9. The van der Waals surface area contributed by atoms with Crippen LogP contribution in [0, 0.1) is 18.2 Å². The van der Waals surface area contributed by atoms with Crippen LogP contribution in [0.5, 0.6) is 6.01 Å². The number of carbonyl (C=O) groups excluding carboxylic acids is 1. The maximum absolute atomic E-state index is 16.7. The minimum Gasteiger partial charge on any atom is -0.462 e. The summed E-state index contributed by atoms with van der Waals surface area (Å²) in [5.41, 5.74) is -0.0133. The van der Waals surface area contributed by atoms with Crippen molar-refractivity contribution in [2.75, 3.05) is 44.2 Å². The molecule has 2 aromatic heterocycles. The van der Waals surface area contributed by atoms with Gasteiger partial charge in [-0.05, 0) is 31.7 Å². The Labute approximate surface area is 279 Å². The molecule has 0 unspecified atom stereocenters. The second kappa shape index (κ2) is 13.5. The Bertz CT molecular complexity index is 1950. The summed E-state index contributed by atoms with van der Waals surface area (Å²) in [6.07, 6.45) is 0.638. The van der Waals surface area contributed by atoms with E-state index in [4.69, 9.17) is 22.9 Å². The fraction of sp³-hybridized carbons (Fsp3) is 0.382. The molecule has 2 aliphatic heterocycles. The fourth-order valence-corrected chi connectivity index (χ4v) is 6.88. The van der Waals surface area contributed by atoms with Crippen LogP contribution < -0.4 is 9.64 Å². The maximum atomic E-state index is 16.7. The molecule has 2 fully saturated rings. The number of benzene rings is 2. The van der Waals surface area contributed by atoms with Gasteiger partial charge in [-0.1, -0.05) is 42.4 Å². The number of hydrogen-bond donors (Lipinski definition) is 0. The van der Waals surface area contributed by atoms with Crippen molar-refractivity contribution in [1.82, 2.24) is 24.8 Å². The molecule has 0 aliphatic carbocycles. The lowest BCUT2D eigenvalue weighted by Crippen LogP contribution is -2.56. The lowest BCUT2D eigenvalue weighted by atomic mass is 10.0. The van der Waals surface area contributed by atoms with Crippen molar-refractivity contribution >= 4 is 45.0 Å². The number of nitrogens with zero attached hydrogens (tertiary/aromatic N) is 7. The monoisotopic (exact) mass is 681 g/mol. The van der Waals surface area contributed by atoms with Crippen LogP contribution in [0.1, 0.15) is 20.3 Å². The van der Waals surface area contributed by atoms with Crippen LogP contribution in [0.4, 0.5) is 23.4 Å². The molecule has 3 atom stereocenters. The minimum atomic E-state index is -1.13. The van der Waals surface area contributed by atoms with Crippen LogP contribution in [0.2, 0.25) is 5.02 Å². The van der Waals surface area contributed by atoms with Gasteiger partial charge in [-0.15, -0.1) is 0 Å². The zero-order valence-corrected chi connectivity index (χ0v) is 27.0. The number of carbonyl (C=O) groups is 1. The van der Waals surface area contributed by atoms with Crippen molar-refractivity contribution in [3.63, 3.8) is 0 Å². The smallest absolute Gasteiger partial charge is 0.319 e. The number of ether oxygens (including phenoxy) is 1. The molecule has 14 heteroatoms. The number of anilines is 1. The quantitative estimate of drug-likeness (QED) is 0.121. The highest BCUT2D eigenvalue weighted by atomic mass is 35.5. The van der Waals surface area contributed by atoms with Crippen LogP contribution in [0.15, 0.2) is 48.9 Å². The standard InChI is InChI=1S/C34H32ClF4N7O2/c1-18(2)46-15-21(37)12-22(46)17-48-34-42-31-25(32(43-34)44-10-11-45(33(47)19(3)36)23(16-44)13-40-4)14-41-30(29(31)39)24-7-5-6-20-8-9-26(38)28(35)27(20)24/h5-9,14,18,21-23H,3,10-13,15-17H2,1-2H3/t21-,22+,23+/m1/s1. The molecule has 0 radical (unpaired) electrons. The van der Waals surface area contributed by atoms with Crippen LogP contribution in [-0.4, -0.2) is 94.3 Å². The van der Waals surface area contributed by atoms with Crippen molar-refractivity contribution in [2.24, 2.45) is 0 Å². The van der Waals surface area contributed by atoms with E-state index < -0.39 is 35.6 Å². The average molecular weight is 682 g/mol. The minimum absolute atomic E-state index is 0.0427. The number of alkyl halides is 1. The zero-order valence-electron chi connectivity index (χ0n) is 26.3. The topological polar surface area (TPSA) is 79.1 Å². The summed E-state index contributed by atoms with van der Waals surface area (Å²) in [6.45, 7) is 14.9. The number of piperazine rings is 1. The Morgan fingerprint density at radius 2 is 1.96 bits per heavy atom. The Morgan fingerprint density at radius 1 is 1.17 bits per heavy atom. The molecule has 4 heterocycles. The molecule has 4 aromatic rings. The van der Waals surface area contributed by atoms with E-state index in [1.807, 2.05) is 18.7 Å². The van der Waals surface area contributed by atoms with Crippen molar-refractivity contribution in [3.8, 4) is 17.3 Å². The predicted octanol–water partition coefficient (Wildman–Crippen LogP) is 6.40. The van der Waals surface area contributed by atoms with E-state index >= 15 is 4.39 Å². The summed E-state index contributed by atoms with van der Waals surface area (Å²) in [6, 6.07) is 6.69. The van der Waals surface area contributed by atoms with E-state index in [2.05, 4.69) is 26.4 Å². The van der Waals surface area contributed by atoms with Crippen LogP contribution in [0.25, 0.3) is 37.8 Å². The largest absolute Gasteiger partial charge is 0.462 e. The SMILES string of the molecule is [C-]#[N+]C[C@H]1CN(c2nc(OC[C@@H]3C[C@@H](F)CN3C(C)C)nc3c(F)c(-c4cccc5ccc(F)c(Cl)c45)ncc23)CCN1C(=O)C(=C)F. The second-order valence-corrected chi connectivity index (χ2v) is 12.6. The normalized spacial score (nSPS) is 20.1. The van der Waals surface area contributed by atoms with Gasteiger partial charge in [-0.3, -0.25) is 14.7 Å². The summed E-state index contributed by atoms with van der Waals surface area (Å²) < 4.78 is 65.5. The van der Waals surface area contributed by atoms with E-state index in [1.165, 1.54) is 17.2 Å². The fourth-order valence-electron chi connectivity index (χ4n) is 6.60. The first-order valence-electron chi connectivity index (χ1n) is 15.5. The number of hydrogen-bond acceptors (Lipinski definition) is 7. The van der Waals surface area contributed by atoms with Gasteiger partial charge in [0.15, 0.2) is 11.6 Å². The molecule has 2 aromatic carbocycles. The third-order valence-electron chi connectivity index (χ3n) is 8.88. The summed E-state index contributed by atoms with van der Waals surface area (Å²) in [7, 11) is 0. The molecule has 0 spiro atoms. The molecule has 1 amide bonds. The summed E-state index contributed by atoms with van der Waals surface area (Å²) in [5.74, 6) is -3.31. The van der Waals surface area contributed by atoms with Crippen molar-refractivity contribution < 1.29 is 27.1 Å². The maximum Gasteiger partial charge on any atom is 0.319 e. The first kappa shape index (κ1) is 33.4. The highest BCUT2D eigenvalue weighted by molar-refractivity contribution is 6.36. The van der Waals surface area contributed by atoms with Gasteiger partial charge in [0.05, 0.1) is 10.4 Å². The van der Waals surface area contributed by atoms with Crippen molar-refractivity contribution in [2.45, 2.75) is 44.6 Å². The molecule has 2 aliphatic rings.